The van der Waals surface area contributed by atoms with Crippen molar-refractivity contribution in [3.63, 3.8) is 0 Å². The van der Waals surface area contributed by atoms with Gasteiger partial charge >= 0.3 is 0 Å². The van der Waals surface area contributed by atoms with Gasteiger partial charge in [0.25, 0.3) is 10.0 Å². The molecule has 5 nitrogen and oxygen atoms in total. The summed E-state index contributed by atoms with van der Waals surface area (Å²) in [7, 11) is -2.28. The highest BCUT2D eigenvalue weighted by molar-refractivity contribution is 7.90. The molecule has 0 radical (unpaired) electrons. The van der Waals surface area contributed by atoms with Crippen molar-refractivity contribution < 1.29 is 13.2 Å². The molecule has 1 aromatic heterocycles. The van der Waals surface area contributed by atoms with Crippen molar-refractivity contribution in [3.8, 4) is 5.75 Å². The Morgan fingerprint density at radius 1 is 1.24 bits per heavy atom. The van der Waals surface area contributed by atoms with Crippen molar-refractivity contribution in [3.05, 3.63) is 41.2 Å². The van der Waals surface area contributed by atoms with Crippen LogP contribution in [0.5, 0.6) is 5.75 Å². The molecule has 1 heterocycles. The first-order valence-corrected chi connectivity index (χ1v) is 8.17. The standard InChI is InChI=1S/C15H20N2O3S/c1-10(2)13-9-15(14(20-5)8-11(13)3)21(18,19)17-7-6-12(4)16-17/h6-10H,1-5H3. The molecule has 0 aliphatic carbocycles. The number of hydrogen-bond donors (Lipinski definition) is 0. The van der Waals surface area contributed by atoms with Crippen LogP contribution in [0.15, 0.2) is 29.3 Å². The molecule has 0 atom stereocenters. The molecule has 114 valence electrons. The topological polar surface area (TPSA) is 61.2 Å². The molecule has 0 saturated heterocycles. The zero-order valence-corrected chi connectivity index (χ0v) is 13.7. The van der Waals surface area contributed by atoms with Gasteiger partial charge in [-0.15, -0.1) is 0 Å². The molecule has 0 aliphatic rings. The molecule has 6 heteroatoms. The normalized spacial score (nSPS) is 11.9. The lowest BCUT2D eigenvalue weighted by molar-refractivity contribution is 0.401. The van der Waals surface area contributed by atoms with Gasteiger partial charge in [-0.2, -0.15) is 17.6 Å². The monoisotopic (exact) mass is 308 g/mol. The SMILES string of the molecule is COc1cc(C)c(C(C)C)cc1S(=O)(=O)n1ccc(C)n1. The number of nitrogens with zero attached hydrogens (tertiary/aromatic N) is 2. The van der Waals surface area contributed by atoms with Crippen molar-refractivity contribution in [1.82, 2.24) is 9.19 Å². The lowest BCUT2D eigenvalue weighted by Gasteiger charge is -2.16. The van der Waals surface area contributed by atoms with Crippen LogP contribution in [0.25, 0.3) is 0 Å². The fourth-order valence-electron chi connectivity index (χ4n) is 2.29. The van der Waals surface area contributed by atoms with Crippen LogP contribution in [0, 0.1) is 13.8 Å². The highest BCUT2D eigenvalue weighted by atomic mass is 32.2. The number of aryl methyl sites for hydroxylation is 2. The van der Waals surface area contributed by atoms with E-state index in [0.29, 0.717) is 11.4 Å². The fraction of sp³-hybridized carbons (Fsp3) is 0.400. The van der Waals surface area contributed by atoms with Crippen molar-refractivity contribution in [1.29, 1.82) is 0 Å². The van der Waals surface area contributed by atoms with Gasteiger partial charge in [-0.25, -0.2) is 0 Å². The molecule has 0 unspecified atom stereocenters. The molecule has 0 amide bonds. The van der Waals surface area contributed by atoms with Gasteiger partial charge in [0.2, 0.25) is 0 Å². The van der Waals surface area contributed by atoms with E-state index in [1.54, 1.807) is 25.1 Å². The second-order valence-electron chi connectivity index (χ2n) is 5.35. The third-order valence-electron chi connectivity index (χ3n) is 3.40. The zero-order chi connectivity index (χ0) is 15.8. The summed E-state index contributed by atoms with van der Waals surface area (Å²) in [6.45, 7) is 7.76. The molecule has 1 aromatic carbocycles. The summed E-state index contributed by atoms with van der Waals surface area (Å²) in [6.07, 6.45) is 1.44. The molecular weight excluding hydrogens is 288 g/mol. The summed E-state index contributed by atoms with van der Waals surface area (Å²) in [4.78, 5) is 0.141. The average molecular weight is 308 g/mol. The molecule has 2 aromatic rings. The lowest BCUT2D eigenvalue weighted by atomic mass is 9.98. The second kappa shape index (κ2) is 5.52. The van der Waals surface area contributed by atoms with Crippen molar-refractivity contribution in [2.24, 2.45) is 0 Å². The largest absolute Gasteiger partial charge is 0.495 e. The molecule has 0 spiro atoms. The number of hydrogen-bond acceptors (Lipinski definition) is 4. The van der Waals surface area contributed by atoms with Crippen LogP contribution < -0.4 is 4.74 Å². The lowest BCUT2D eigenvalue weighted by Crippen LogP contribution is -2.15. The van der Waals surface area contributed by atoms with E-state index in [2.05, 4.69) is 5.10 Å². The fourth-order valence-corrected chi connectivity index (χ4v) is 3.62. The first-order chi connectivity index (χ1) is 9.77. The molecule has 0 fully saturated rings. The van der Waals surface area contributed by atoms with Crippen molar-refractivity contribution in [2.75, 3.05) is 7.11 Å². The first kappa shape index (κ1) is 15.6. The molecule has 0 bridgehead atoms. The van der Waals surface area contributed by atoms with Gasteiger partial charge in [-0.05, 0) is 49.1 Å². The highest BCUT2D eigenvalue weighted by Crippen LogP contribution is 2.32. The molecule has 21 heavy (non-hydrogen) atoms. The Hall–Kier alpha value is -1.82. The van der Waals surface area contributed by atoms with Gasteiger partial charge in [0.1, 0.15) is 10.6 Å². The summed E-state index contributed by atoms with van der Waals surface area (Å²) in [6, 6.07) is 5.10. The summed E-state index contributed by atoms with van der Waals surface area (Å²) in [5.41, 5.74) is 2.64. The highest BCUT2D eigenvalue weighted by Gasteiger charge is 2.24. The van der Waals surface area contributed by atoms with Crippen molar-refractivity contribution in [2.45, 2.75) is 38.5 Å². The van der Waals surface area contributed by atoms with E-state index in [1.165, 1.54) is 13.3 Å². The van der Waals surface area contributed by atoms with Crippen LogP contribution in [0.3, 0.4) is 0 Å². The maximum Gasteiger partial charge on any atom is 0.286 e. The number of methoxy groups -OCH3 is 1. The second-order valence-corrected chi connectivity index (χ2v) is 7.11. The minimum atomic E-state index is -3.75. The Kier molecular flexibility index (Phi) is 4.09. The molecular formula is C15H20N2O3S. The molecule has 0 N–H and O–H groups in total. The third kappa shape index (κ3) is 2.81. The number of ether oxygens (including phenoxy) is 1. The van der Waals surface area contributed by atoms with Crippen LogP contribution in [0.2, 0.25) is 0 Å². The Labute approximate surface area is 125 Å². The molecule has 0 saturated carbocycles. The minimum absolute atomic E-state index is 0.141. The van der Waals surface area contributed by atoms with E-state index in [-0.39, 0.29) is 10.8 Å². The maximum absolute atomic E-state index is 12.7. The van der Waals surface area contributed by atoms with Crippen LogP contribution in [-0.4, -0.2) is 24.7 Å². The van der Waals surface area contributed by atoms with Crippen LogP contribution in [-0.2, 0) is 10.0 Å². The van der Waals surface area contributed by atoms with Crippen LogP contribution >= 0.6 is 0 Å². The van der Waals surface area contributed by atoms with Crippen molar-refractivity contribution >= 4 is 10.0 Å². The van der Waals surface area contributed by atoms with Gasteiger partial charge in [0.05, 0.1) is 12.8 Å². The van der Waals surface area contributed by atoms with Gasteiger partial charge in [-0.1, -0.05) is 13.8 Å². The third-order valence-corrected chi connectivity index (χ3v) is 4.97. The summed E-state index contributed by atoms with van der Waals surface area (Å²) >= 11 is 0. The number of aromatic nitrogens is 2. The van der Waals surface area contributed by atoms with Crippen LogP contribution in [0.4, 0.5) is 0 Å². The van der Waals surface area contributed by atoms with E-state index in [1.807, 2.05) is 20.8 Å². The van der Waals surface area contributed by atoms with E-state index in [0.717, 1.165) is 15.2 Å². The number of rotatable bonds is 4. The summed E-state index contributed by atoms with van der Waals surface area (Å²) in [5, 5.41) is 4.00. The summed E-state index contributed by atoms with van der Waals surface area (Å²) in [5.74, 6) is 0.564. The summed E-state index contributed by atoms with van der Waals surface area (Å²) < 4.78 is 31.7. The van der Waals surface area contributed by atoms with E-state index >= 15 is 0 Å². The average Bonchev–Trinajstić information content (AvgIpc) is 2.85. The van der Waals surface area contributed by atoms with Gasteiger partial charge in [-0.3, -0.25) is 0 Å². The van der Waals surface area contributed by atoms with Gasteiger partial charge in [0, 0.05) is 6.20 Å². The van der Waals surface area contributed by atoms with Crippen LogP contribution in [0.1, 0.15) is 36.6 Å². The predicted octanol–water partition coefficient (Wildman–Crippen LogP) is 2.87. The predicted molar refractivity (Wildman–Crippen MR) is 81.4 cm³/mol. The minimum Gasteiger partial charge on any atom is -0.495 e. The quantitative estimate of drug-likeness (QED) is 0.871. The zero-order valence-electron chi connectivity index (χ0n) is 12.9. The van der Waals surface area contributed by atoms with E-state index < -0.39 is 10.0 Å². The van der Waals surface area contributed by atoms with Gasteiger partial charge in [0.15, 0.2) is 0 Å². The van der Waals surface area contributed by atoms with E-state index in [4.69, 9.17) is 4.74 Å². The Morgan fingerprint density at radius 2 is 1.90 bits per heavy atom. The molecule has 0 aliphatic heterocycles. The van der Waals surface area contributed by atoms with E-state index in [9.17, 15) is 8.42 Å². The smallest absolute Gasteiger partial charge is 0.286 e. The van der Waals surface area contributed by atoms with Gasteiger partial charge < -0.3 is 4.74 Å². The molecule has 2 rings (SSSR count). The number of benzene rings is 1. The Bertz CT molecular complexity index is 761. The Balaban J connectivity index is 2.69. The maximum atomic E-state index is 12.7. The Morgan fingerprint density at radius 3 is 2.38 bits per heavy atom. The first-order valence-electron chi connectivity index (χ1n) is 6.73.